The standard InChI is InChI=1S/C25H27N3O5S/c1-4-33-22-20(31-2)13-17(14-21(22)32-3)24(30)28-25(34)27-19-12-8-11-18(15-19)26-23(29)16-9-6-5-7-10-16/h5-15,24,30H,4H2,1-3H3,(H,26,29)(H2,27,28,34). The summed E-state index contributed by atoms with van der Waals surface area (Å²) in [5.41, 5.74) is 2.27. The van der Waals surface area contributed by atoms with Crippen molar-refractivity contribution in [1.29, 1.82) is 0 Å². The molecule has 0 bridgehead atoms. The highest BCUT2D eigenvalue weighted by molar-refractivity contribution is 7.80. The highest BCUT2D eigenvalue weighted by Gasteiger charge is 2.18. The summed E-state index contributed by atoms with van der Waals surface area (Å²) in [4.78, 5) is 12.4. The summed E-state index contributed by atoms with van der Waals surface area (Å²) in [7, 11) is 3.02. The van der Waals surface area contributed by atoms with E-state index in [9.17, 15) is 9.90 Å². The van der Waals surface area contributed by atoms with Crippen LogP contribution in [0.3, 0.4) is 0 Å². The van der Waals surface area contributed by atoms with Crippen LogP contribution >= 0.6 is 12.2 Å². The monoisotopic (exact) mass is 481 g/mol. The maximum atomic E-state index is 12.4. The third-order valence-corrected chi connectivity index (χ3v) is 4.99. The predicted octanol–water partition coefficient (Wildman–Crippen LogP) is 4.33. The van der Waals surface area contributed by atoms with Gasteiger partial charge in [-0.3, -0.25) is 4.79 Å². The number of hydrogen-bond donors (Lipinski definition) is 4. The van der Waals surface area contributed by atoms with Crippen molar-refractivity contribution >= 4 is 34.6 Å². The van der Waals surface area contributed by atoms with E-state index in [1.54, 1.807) is 60.7 Å². The van der Waals surface area contributed by atoms with Crippen LogP contribution in [-0.2, 0) is 0 Å². The molecule has 0 saturated heterocycles. The lowest BCUT2D eigenvalue weighted by Crippen LogP contribution is -2.32. The van der Waals surface area contributed by atoms with Gasteiger partial charge in [0.05, 0.1) is 20.8 Å². The summed E-state index contributed by atoms with van der Waals surface area (Å²) >= 11 is 5.35. The topological polar surface area (TPSA) is 101 Å². The van der Waals surface area contributed by atoms with E-state index < -0.39 is 6.23 Å². The largest absolute Gasteiger partial charge is 0.493 e. The van der Waals surface area contributed by atoms with Gasteiger partial charge in [-0.1, -0.05) is 24.3 Å². The number of nitrogens with one attached hydrogen (secondary N) is 3. The van der Waals surface area contributed by atoms with Crippen LogP contribution in [-0.4, -0.2) is 37.0 Å². The quantitative estimate of drug-likeness (QED) is 0.265. The van der Waals surface area contributed by atoms with Gasteiger partial charge in [-0.25, -0.2) is 0 Å². The minimum absolute atomic E-state index is 0.186. The Morgan fingerprint density at radius 3 is 2.15 bits per heavy atom. The number of carbonyl (C=O) groups excluding carboxylic acids is 1. The zero-order valence-electron chi connectivity index (χ0n) is 19.1. The van der Waals surface area contributed by atoms with E-state index in [0.29, 0.717) is 46.4 Å². The molecule has 3 aromatic rings. The number of amides is 1. The van der Waals surface area contributed by atoms with Crippen molar-refractivity contribution in [3.8, 4) is 17.2 Å². The SMILES string of the molecule is CCOc1c(OC)cc(C(O)NC(=S)Nc2cccc(NC(=O)c3ccccc3)c2)cc1OC. The third kappa shape index (κ3) is 6.37. The summed E-state index contributed by atoms with van der Waals surface area (Å²) in [6, 6.07) is 19.3. The molecule has 0 spiro atoms. The van der Waals surface area contributed by atoms with Crippen molar-refractivity contribution in [3.63, 3.8) is 0 Å². The summed E-state index contributed by atoms with van der Waals surface area (Å²) < 4.78 is 16.4. The molecule has 0 saturated carbocycles. The summed E-state index contributed by atoms with van der Waals surface area (Å²) in [6.07, 6.45) is -1.14. The number of rotatable bonds is 9. The van der Waals surface area contributed by atoms with Crippen LogP contribution in [0.2, 0.25) is 0 Å². The Morgan fingerprint density at radius 2 is 1.56 bits per heavy atom. The lowest BCUT2D eigenvalue weighted by atomic mass is 10.1. The first-order valence-electron chi connectivity index (χ1n) is 10.6. The lowest BCUT2D eigenvalue weighted by Gasteiger charge is -2.20. The van der Waals surface area contributed by atoms with Crippen LogP contribution in [0.15, 0.2) is 66.7 Å². The molecule has 1 unspecified atom stereocenters. The summed E-state index contributed by atoms with van der Waals surface area (Å²) in [5, 5.41) is 19.5. The number of hydrogen-bond acceptors (Lipinski definition) is 6. The van der Waals surface area contributed by atoms with Crippen molar-refractivity contribution < 1.29 is 24.1 Å². The van der Waals surface area contributed by atoms with Gasteiger partial charge < -0.3 is 35.3 Å². The molecule has 0 radical (unpaired) electrons. The first-order valence-corrected chi connectivity index (χ1v) is 11.0. The molecule has 1 atom stereocenters. The van der Waals surface area contributed by atoms with E-state index in [1.165, 1.54) is 14.2 Å². The van der Waals surface area contributed by atoms with E-state index >= 15 is 0 Å². The molecule has 3 rings (SSSR count). The maximum Gasteiger partial charge on any atom is 0.255 e. The average Bonchev–Trinajstić information content (AvgIpc) is 2.84. The molecule has 0 fully saturated rings. The van der Waals surface area contributed by atoms with Crippen molar-refractivity contribution in [2.75, 3.05) is 31.5 Å². The van der Waals surface area contributed by atoms with Crippen LogP contribution in [0.1, 0.15) is 29.1 Å². The van der Waals surface area contributed by atoms with Gasteiger partial charge in [0.1, 0.15) is 0 Å². The van der Waals surface area contributed by atoms with Crippen molar-refractivity contribution in [3.05, 3.63) is 77.9 Å². The number of carbonyl (C=O) groups is 1. The molecule has 4 N–H and O–H groups in total. The van der Waals surface area contributed by atoms with Gasteiger partial charge in [0.2, 0.25) is 5.75 Å². The Balaban J connectivity index is 1.66. The molecular weight excluding hydrogens is 454 g/mol. The second kappa shape index (κ2) is 11.9. The highest BCUT2D eigenvalue weighted by atomic mass is 32.1. The second-order valence-electron chi connectivity index (χ2n) is 7.09. The van der Waals surface area contributed by atoms with E-state index in [2.05, 4.69) is 16.0 Å². The van der Waals surface area contributed by atoms with Gasteiger partial charge in [-0.05, 0) is 61.6 Å². The number of thiocarbonyl (C=S) groups is 1. The van der Waals surface area contributed by atoms with Crippen molar-refractivity contribution in [1.82, 2.24) is 5.32 Å². The number of aliphatic hydroxyl groups excluding tert-OH is 1. The van der Waals surface area contributed by atoms with Crippen molar-refractivity contribution in [2.24, 2.45) is 0 Å². The van der Waals surface area contributed by atoms with E-state index in [1.807, 2.05) is 13.0 Å². The van der Waals surface area contributed by atoms with Crippen LogP contribution in [0.5, 0.6) is 17.2 Å². The van der Waals surface area contributed by atoms with E-state index in [4.69, 9.17) is 26.4 Å². The van der Waals surface area contributed by atoms with E-state index in [-0.39, 0.29) is 11.0 Å². The van der Waals surface area contributed by atoms with Gasteiger partial charge in [0, 0.05) is 22.5 Å². The Hall–Kier alpha value is -3.82. The highest BCUT2D eigenvalue weighted by Crippen LogP contribution is 2.39. The summed E-state index contributed by atoms with van der Waals surface area (Å²) in [6.45, 7) is 2.29. The number of ether oxygens (including phenoxy) is 3. The molecule has 0 heterocycles. The van der Waals surface area contributed by atoms with Gasteiger partial charge >= 0.3 is 0 Å². The third-order valence-electron chi connectivity index (χ3n) is 4.77. The van der Waals surface area contributed by atoms with Gasteiger partial charge in [-0.15, -0.1) is 0 Å². The van der Waals surface area contributed by atoms with Gasteiger partial charge in [0.25, 0.3) is 5.91 Å². The molecule has 34 heavy (non-hydrogen) atoms. The van der Waals surface area contributed by atoms with Crippen molar-refractivity contribution in [2.45, 2.75) is 13.2 Å². The molecule has 9 heteroatoms. The first kappa shape index (κ1) is 24.8. The zero-order valence-corrected chi connectivity index (χ0v) is 19.9. The molecule has 0 aromatic heterocycles. The number of anilines is 2. The molecule has 0 aliphatic carbocycles. The smallest absolute Gasteiger partial charge is 0.255 e. The fourth-order valence-corrected chi connectivity index (χ4v) is 3.42. The number of benzene rings is 3. The Morgan fingerprint density at radius 1 is 0.941 bits per heavy atom. The van der Waals surface area contributed by atoms with Gasteiger partial charge in [0.15, 0.2) is 22.8 Å². The fraction of sp³-hybridized carbons (Fsp3) is 0.200. The molecule has 178 valence electrons. The van der Waals surface area contributed by atoms with Crippen LogP contribution in [0, 0.1) is 0 Å². The second-order valence-corrected chi connectivity index (χ2v) is 7.50. The Kier molecular flexibility index (Phi) is 8.66. The molecule has 3 aromatic carbocycles. The molecule has 0 aliphatic rings. The molecule has 0 aliphatic heterocycles. The molecule has 1 amide bonds. The van der Waals surface area contributed by atoms with Crippen LogP contribution < -0.4 is 30.2 Å². The lowest BCUT2D eigenvalue weighted by molar-refractivity contribution is 0.102. The zero-order chi connectivity index (χ0) is 24.5. The maximum absolute atomic E-state index is 12.4. The summed E-state index contributed by atoms with van der Waals surface area (Å²) in [5.74, 6) is 1.10. The Labute approximate surface area is 203 Å². The minimum Gasteiger partial charge on any atom is -0.493 e. The normalized spacial score (nSPS) is 11.2. The molecule has 8 nitrogen and oxygen atoms in total. The Bertz CT molecular complexity index is 1120. The van der Waals surface area contributed by atoms with Crippen LogP contribution in [0.4, 0.5) is 11.4 Å². The first-order chi connectivity index (χ1) is 16.4. The van der Waals surface area contributed by atoms with E-state index in [0.717, 1.165) is 0 Å². The number of methoxy groups -OCH3 is 2. The predicted molar refractivity (Wildman–Crippen MR) is 136 cm³/mol. The fourth-order valence-electron chi connectivity index (χ4n) is 3.19. The minimum atomic E-state index is -1.14. The average molecular weight is 482 g/mol. The van der Waals surface area contributed by atoms with Gasteiger partial charge in [-0.2, -0.15) is 0 Å². The van der Waals surface area contributed by atoms with Crippen LogP contribution in [0.25, 0.3) is 0 Å². The molecular formula is C25H27N3O5S. The number of aliphatic hydroxyl groups is 1.